The van der Waals surface area contributed by atoms with Crippen molar-refractivity contribution in [1.29, 1.82) is 0 Å². The van der Waals surface area contributed by atoms with Gasteiger partial charge in [0.1, 0.15) is 6.10 Å². The van der Waals surface area contributed by atoms with Crippen LogP contribution in [0.5, 0.6) is 0 Å². The Kier molecular flexibility index (Phi) is 1.51. The third-order valence-electron chi connectivity index (χ3n) is 1.71. The minimum Gasteiger partial charge on any atom is -0.452 e. The number of carbonyl (C=O) groups is 1. The van der Waals surface area contributed by atoms with Gasteiger partial charge in [0, 0.05) is 6.08 Å². The van der Waals surface area contributed by atoms with Crippen molar-refractivity contribution in [2.45, 2.75) is 12.2 Å². The molecule has 0 fully saturated rings. The van der Waals surface area contributed by atoms with E-state index < -0.39 is 0 Å². The molecule has 2 aliphatic rings. The van der Waals surface area contributed by atoms with E-state index in [0.717, 1.165) is 0 Å². The summed E-state index contributed by atoms with van der Waals surface area (Å²) in [5, 5.41) is 0. The lowest BCUT2D eigenvalue weighted by molar-refractivity contribution is -0.148. The molecule has 0 aromatic carbocycles. The second-order valence-corrected chi connectivity index (χ2v) is 2.49. The van der Waals surface area contributed by atoms with Gasteiger partial charge in [-0.15, -0.1) is 0 Å². The molecule has 3 nitrogen and oxygen atoms in total. The lowest BCUT2D eigenvalue weighted by Crippen LogP contribution is -2.35. The normalized spacial score (nSPS) is 34.7. The molecule has 0 radical (unpaired) electrons. The number of ether oxygens (including phenoxy) is 2. The standard InChI is InChI=1S/C8H8O3/c9-8-4-3-6-7(11-8)2-1-5-10-6/h1-4,6-7H,5H2/t6-,7+/m0/s1. The summed E-state index contributed by atoms with van der Waals surface area (Å²) in [6.45, 7) is 0.600. The SMILES string of the molecule is O=C1C=C[C@@H]2OCC=C[C@H]2O1. The first kappa shape index (κ1) is 6.61. The van der Waals surface area contributed by atoms with Crippen molar-refractivity contribution in [2.24, 2.45) is 0 Å². The van der Waals surface area contributed by atoms with E-state index in [9.17, 15) is 4.79 Å². The summed E-state index contributed by atoms with van der Waals surface area (Å²) in [6, 6.07) is 0. The van der Waals surface area contributed by atoms with Gasteiger partial charge >= 0.3 is 5.97 Å². The number of fused-ring (bicyclic) bond motifs is 1. The molecule has 0 aromatic heterocycles. The molecule has 11 heavy (non-hydrogen) atoms. The van der Waals surface area contributed by atoms with Crippen molar-refractivity contribution in [3.05, 3.63) is 24.3 Å². The fourth-order valence-corrected chi connectivity index (χ4v) is 1.18. The molecule has 0 spiro atoms. The van der Waals surface area contributed by atoms with Crippen LogP contribution in [0.4, 0.5) is 0 Å². The third kappa shape index (κ3) is 1.19. The quantitative estimate of drug-likeness (QED) is 0.373. The summed E-state index contributed by atoms with van der Waals surface area (Å²) >= 11 is 0. The van der Waals surface area contributed by atoms with Gasteiger partial charge in [0.05, 0.1) is 6.61 Å². The summed E-state index contributed by atoms with van der Waals surface area (Å²) in [7, 11) is 0. The molecular weight excluding hydrogens is 144 g/mol. The van der Waals surface area contributed by atoms with E-state index in [0.29, 0.717) is 6.61 Å². The number of rotatable bonds is 0. The Labute approximate surface area is 64.3 Å². The van der Waals surface area contributed by atoms with E-state index in [-0.39, 0.29) is 18.2 Å². The Morgan fingerprint density at radius 2 is 2.27 bits per heavy atom. The van der Waals surface area contributed by atoms with Gasteiger partial charge in [0.25, 0.3) is 0 Å². The third-order valence-corrected chi connectivity index (χ3v) is 1.71. The summed E-state index contributed by atoms with van der Waals surface area (Å²) in [5.41, 5.74) is 0. The first-order valence-electron chi connectivity index (χ1n) is 3.53. The van der Waals surface area contributed by atoms with Gasteiger partial charge in [-0.05, 0) is 12.2 Å². The van der Waals surface area contributed by atoms with Crippen LogP contribution < -0.4 is 0 Å². The van der Waals surface area contributed by atoms with E-state index in [2.05, 4.69) is 0 Å². The van der Waals surface area contributed by atoms with Crippen molar-refractivity contribution in [3.8, 4) is 0 Å². The zero-order valence-corrected chi connectivity index (χ0v) is 5.90. The van der Waals surface area contributed by atoms with Crippen molar-refractivity contribution < 1.29 is 14.3 Å². The molecule has 2 aliphatic heterocycles. The molecule has 0 saturated heterocycles. The van der Waals surface area contributed by atoms with Gasteiger partial charge in [-0.2, -0.15) is 0 Å². The minimum atomic E-state index is -0.290. The number of hydrogen-bond acceptors (Lipinski definition) is 3. The molecule has 0 amide bonds. The molecule has 2 rings (SSSR count). The molecule has 0 bridgehead atoms. The summed E-state index contributed by atoms with van der Waals surface area (Å²) in [4.78, 5) is 10.7. The van der Waals surface area contributed by atoms with E-state index in [1.165, 1.54) is 6.08 Å². The predicted octanol–water partition coefficient (Wildman–Crippen LogP) is 0.423. The molecule has 2 atom stereocenters. The Balaban J connectivity index is 2.20. The number of hydrogen-bond donors (Lipinski definition) is 0. The van der Waals surface area contributed by atoms with Gasteiger partial charge in [-0.25, -0.2) is 4.79 Å². The zero-order chi connectivity index (χ0) is 7.68. The van der Waals surface area contributed by atoms with Gasteiger partial charge in [0.2, 0.25) is 0 Å². The summed E-state index contributed by atoms with van der Waals surface area (Å²) < 4.78 is 10.2. The maximum absolute atomic E-state index is 10.7. The fourth-order valence-electron chi connectivity index (χ4n) is 1.18. The maximum atomic E-state index is 10.7. The van der Waals surface area contributed by atoms with Crippen molar-refractivity contribution in [1.82, 2.24) is 0 Å². The van der Waals surface area contributed by atoms with E-state index >= 15 is 0 Å². The van der Waals surface area contributed by atoms with Gasteiger partial charge in [0.15, 0.2) is 6.10 Å². The fraction of sp³-hybridized carbons (Fsp3) is 0.375. The smallest absolute Gasteiger partial charge is 0.331 e. The monoisotopic (exact) mass is 152 g/mol. The summed E-state index contributed by atoms with van der Waals surface area (Å²) in [5.74, 6) is -0.290. The maximum Gasteiger partial charge on any atom is 0.331 e. The average molecular weight is 152 g/mol. The van der Waals surface area contributed by atoms with Gasteiger partial charge in [-0.1, -0.05) is 6.08 Å². The molecule has 0 aromatic rings. The molecule has 3 heteroatoms. The Morgan fingerprint density at radius 1 is 1.36 bits per heavy atom. The van der Waals surface area contributed by atoms with Crippen LogP contribution in [0, 0.1) is 0 Å². The molecule has 0 N–H and O–H groups in total. The first-order chi connectivity index (χ1) is 5.36. The topological polar surface area (TPSA) is 35.5 Å². The highest BCUT2D eigenvalue weighted by molar-refractivity contribution is 5.83. The largest absolute Gasteiger partial charge is 0.452 e. The zero-order valence-electron chi connectivity index (χ0n) is 5.90. The first-order valence-corrected chi connectivity index (χ1v) is 3.53. The van der Waals surface area contributed by atoms with Crippen molar-refractivity contribution >= 4 is 5.97 Å². The van der Waals surface area contributed by atoms with Crippen LogP contribution in [0.3, 0.4) is 0 Å². The second-order valence-electron chi connectivity index (χ2n) is 2.49. The number of carbonyl (C=O) groups excluding carboxylic acids is 1. The molecule has 0 aliphatic carbocycles. The number of esters is 1. The van der Waals surface area contributed by atoms with Crippen LogP contribution >= 0.6 is 0 Å². The van der Waals surface area contributed by atoms with Crippen molar-refractivity contribution in [3.63, 3.8) is 0 Å². The van der Waals surface area contributed by atoms with Gasteiger partial charge in [-0.3, -0.25) is 0 Å². The minimum absolute atomic E-state index is 0.0716. The van der Waals surface area contributed by atoms with Crippen LogP contribution in [0.2, 0.25) is 0 Å². The van der Waals surface area contributed by atoms with Crippen molar-refractivity contribution in [2.75, 3.05) is 6.61 Å². The highest BCUT2D eigenvalue weighted by Gasteiger charge is 2.26. The molecular formula is C8H8O3. The Bertz CT molecular complexity index is 229. The molecule has 58 valence electrons. The summed E-state index contributed by atoms with van der Waals surface area (Å²) in [6.07, 6.45) is 6.57. The van der Waals surface area contributed by atoms with E-state index in [1.807, 2.05) is 12.2 Å². The highest BCUT2D eigenvalue weighted by atomic mass is 16.6. The van der Waals surface area contributed by atoms with Crippen LogP contribution in [0.1, 0.15) is 0 Å². The molecule has 0 unspecified atom stereocenters. The van der Waals surface area contributed by atoms with Crippen LogP contribution in [0.25, 0.3) is 0 Å². The predicted molar refractivity (Wildman–Crippen MR) is 37.9 cm³/mol. The average Bonchev–Trinajstić information content (AvgIpc) is 2.04. The second kappa shape index (κ2) is 2.51. The highest BCUT2D eigenvalue weighted by Crippen LogP contribution is 2.16. The lowest BCUT2D eigenvalue weighted by atomic mass is 10.1. The van der Waals surface area contributed by atoms with Crippen LogP contribution in [-0.2, 0) is 14.3 Å². The Morgan fingerprint density at radius 3 is 3.18 bits per heavy atom. The van der Waals surface area contributed by atoms with Crippen LogP contribution in [-0.4, -0.2) is 24.8 Å². The van der Waals surface area contributed by atoms with Gasteiger partial charge < -0.3 is 9.47 Å². The molecule has 0 saturated carbocycles. The van der Waals surface area contributed by atoms with E-state index in [4.69, 9.17) is 9.47 Å². The van der Waals surface area contributed by atoms with Crippen LogP contribution in [0.15, 0.2) is 24.3 Å². The lowest BCUT2D eigenvalue weighted by Gasteiger charge is -2.27. The van der Waals surface area contributed by atoms with E-state index in [1.54, 1.807) is 6.08 Å². The molecule has 2 heterocycles. The Hall–Kier alpha value is -1.09.